The summed E-state index contributed by atoms with van der Waals surface area (Å²) >= 11 is 2.33. The van der Waals surface area contributed by atoms with Crippen molar-refractivity contribution in [1.29, 1.82) is 0 Å². The number of rotatable bonds is 2. The SMILES string of the molecule is C1=CCCC(N2CCOCC2)C2CCC(S2)C(N2CCOCC2)CC1.Cl.Cl. The lowest BCUT2D eigenvalue weighted by Crippen LogP contribution is -2.48. The van der Waals surface area contributed by atoms with Crippen LogP contribution in [0.2, 0.25) is 0 Å². The average Bonchev–Trinajstić information content (AvgIpc) is 3.12. The van der Waals surface area contributed by atoms with E-state index in [2.05, 4.69) is 33.7 Å². The summed E-state index contributed by atoms with van der Waals surface area (Å²) in [4.78, 5) is 5.47. The first-order chi connectivity index (χ1) is 12.4. The fourth-order valence-electron chi connectivity index (χ4n) is 5.05. The standard InChI is InChI=1S/C20H34N2O2S.2ClH/c1-2-4-6-18(22-11-15-24-16-12-22)20-8-7-19(25-20)17(5-3-1)21-9-13-23-14-10-21;;/h1-2,17-20H,3-16H2;2*1H. The van der Waals surface area contributed by atoms with Crippen LogP contribution in [0.4, 0.5) is 0 Å². The summed E-state index contributed by atoms with van der Waals surface area (Å²) in [5, 5.41) is 1.64. The summed E-state index contributed by atoms with van der Waals surface area (Å²) in [5.41, 5.74) is 0. The molecule has 158 valence electrons. The fraction of sp³-hybridized carbons (Fsp3) is 0.900. The smallest absolute Gasteiger partial charge is 0.0594 e. The van der Waals surface area contributed by atoms with E-state index >= 15 is 0 Å². The minimum absolute atomic E-state index is 0. The molecule has 0 aromatic heterocycles. The third-order valence-electron chi connectivity index (χ3n) is 6.40. The van der Waals surface area contributed by atoms with E-state index in [0.717, 1.165) is 75.2 Å². The minimum Gasteiger partial charge on any atom is -0.379 e. The van der Waals surface area contributed by atoms with Gasteiger partial charge in [0.25, 0.3) is 0 Å². The van der Waals surface area contributed by atoms with E-state index in [9.17, 15) is 0 Å². The molecule has 4 unspecified atom stereocenters. The number of hydrogen-bond donors (Lipinski definition) is 0. The number of hydrogen-bond acceptors (Lipinski definition) is 5. The van der Waals surface area contributed by atoms with Crippen LogP contribution in [0.5, 0.6) is 0 Å². The molecule has 4 rings (SSSR count). The van der Waals surface area contributed by atoms with E-state index in [4.69, 9.17) is 9.47 Å². The third kappa shape index (κ3) is 6.24. The monoisotopic (exact) mass is 438 g/mol. The molecule has 27 heavy (non-hydrogen) atoms. The van der Waals surface area contributed by atoms with Crippen LogP contribution < -0.4 is 0 Å². The second kappa shape index (κ2) is 12.3. The highest BCUT2D eigenvalue weighted by atomic mass is 35.5. The van der Waals surface area contributed by atoms with E-state index in [1.165, 1.54) is 38.5 Å². The van der Waals surface area contributed by atoms with E-state index in [1.54, 1.807) is 0 Å². The molecule has 4 heterocycles. The molecule has 4 aliphatic heterocycles. The molecule has 0 N–H and O–H groups in total. The molecule has 4 aliphatic rings. The van der Waals surface area contributed by atoms with E-state index in [-0.39, 0.29) is 24.8 Å². The topological polar surface area (TPSA) is 24.9 Å². The Hall–Kier alpha value is 0.510. The molecule has 3 fully saturated rings. The zero-order valence-electron chi connectivity index (χ0n) is 16.3. The molecule has 0 aliphatic carbocycles. The summed E-state index contributed by atoms with van der Waals surface area (Å²) in [6, 6.07) is 1.49. The van der Waals surface area contributed by atoms with Crippen molar-refractivity contribution >= 4 is 36.6 Å². The van der Waals surface area contributed by atoms with E-state index < -0.39 is 0 Å². The van der Waals surface area contributed by atoms with Crippen LogP contribution in [-0.4, -0.2) is 85.0 Å². The number of ether oxygens (including phenoxy) is 2. The lowest BCUT2D eigenvalue weighted by Gasteiger charge is -2.39. The Kier molecular flexibility index (Phi) is 10.8. The van der Waals surface area contributed by atoms with E-state index in [0.29, 0.717) is 0 Å². The van der Waals surface area contributed by atoms with Crippen molar-refractivity contribution in [2.75, 3.05) is 52.6 Å². The average molecular weight is 439 g/mol. The van der Waals surface area contributed by atoms with Crippen LogP contribution in [0.1, 0.15) is 38.5 Å². The van der Waals surface area contributed by atoms with Crippen molar-refractivity contribution in [1.82, 2.24) is 9.80 Å². The van der Waals surface area contributed by atoms with Crippen molar-refractivity contribution in [2.24, 2.45) is 0 Å². The Balaban J connectivity index is 0.00000131. The maximum atomic E-state index is 5.61. The van der Waals surface area contributed by atoms with Gasteiger partial charge in [-0.1, -0.05) is 12.2 Å². The number of halogens is 2. The summed E-state index contributed by atoms with van der Waals surface area (Å²) in [5.74, 6) is 0. The Morgan fingerprint density at radius 2 is 1.04 bits per heavy atom. The van der Waals surface area contributed by atoms with Crippen LogP contribution in [-0.2, 0) is 9.47 Å². The Morgan fingerprint density at radius 3 is 1.44 bits per heavy atom. The maximum Gasteiger partial charge on any atom is 0.0594 e. The van der Waals surface area contributed by atoms with Gasteiger partial charge in [-0.2, -0.15) is 11.8 Å². The second-order valence-corrected chi connectivity index (χ2v) is 9.33. The largest absolute Gasteiger partial charge is 0.379 e. The molecule has 0 amide bonds. The van der Waals surface area contributed by atoms with E-state index in [1.807, 2.05) is 0 Å². The van der Waals surface area contributed by atoms with Gasteiger partial charge in [0, 0.05) is 48.8 Å². The Labute approximate surface area is 181 Å². The lowest BCUT2D eigenvalue weighted by molar-refractivity contribution is 0.0133. The van der Waals surface area contributed by atoms with Crippen molar-refractivity contribution in [3.8, 4) is 0 Å². The summed E-state index contributed by atoms with van der Waals surface area (Å²) in [7, 11) is 0. The molecule has 4 atom stereocenters. The van der Waals surface area contributed by atoms with Crippen molar-refractivity contribution in [2.45, 2.75) is 61.1 Å². The summed E-state index contributed by atoms with van der Waals surface area (Å²) in [6.45, 7) is 8.19. The molecule has 3 saturated heterocycles. The van der Waals surface area contributed by atoms with Gasteiger partial charge in [-0.05, 0) is 38.5 Å². The number of thioether (sulfide) groups is 1. The molecule has 4 nitrogen and oxygen atoms in total. The van der Waals surface area contributed by atoms with Crippen LogP contribution in [0.3, 0.4) is 0 Å². The van der Waals surface area contributed by atoms with Gasteiger partial charge in [-0.3, -0.25) is 9.80 Å². The van der Waals surface area contributed by atoms with Crippen molar-refractivity contribution < 1.29 is 9.47 Å². The predicted octanol–water partition coefficient (Wildman–Crippen LogP) is 3.63. The number of allylic oxidation sites excluding steroid dienone is 2. The molecular weight excluding hydrogens is 403 g/mol. The number of nitrogens with zero attached hydrogens (tertiary/aromatic N) is 2. The van der Waals surface area contributed by atoms with Gasteiger partial charge < -0.3 is 9.47 Å². The van der Waals surface area contributed by atoms with Crippen LogP contribution >= 0.6 is 36.6 Å². The molecule has 7 heteroatoms. The van der Waals surface area contributed by atoms with Gasteiger partial charge in [0.2, 0.25) is 0 Å². The number of morpholine rings is 2. The molecule has 0 radical (unpaired) electrons. The highest BCUT2D eigenvalue weighted by Gasteiger charge is 2.39. The van der Waals surface area contributed by atoms with Gasteiger partial charge in [0.1, 0.15) is 0 Å². The first kappa shape index (κ1) is 23.8. The first-order valence-electron chi connectivity index (χ1n) is 10.4. The first-order valence-corrected chi connectivity index (χ1v) is 11.3. The highest BCUT2D eigenvalue weighted by molar-refractivity contribution is 8.00. The zero-order valence-corrected chi connectivity index (χ0v) is 18.7. The maximum absolute atomic E-state index is 5.61. The molecule has 0 aromatic carbocycles. The fourth-order valence-corrected chi connectivity index (χ4v) is 7.02. The lowest BCUT2D eigenvalue weighted by atomic mass is 9.96. The highest BCUT2D eigenvalue weighted by Crippen LogP contribution is 2.42. The Bertz CT molecular complexity index is 408. The van der Waals surface area contributed by atoms with Crippen LogP contribution in [0, 0.1) is 0 Å². The van der Waals surface area contributed by atoms with Crippen LogP contribution in [0.15, 0.2) is 12.2 Å². The zero-order chi connectivity index (χ0) is 16.9. The van der Waals surface area contributed by atoms with Crippen molar-refractivity contribution in [3.63, 3.8) is 0 Å². The normalized spacial score (nSPS) is 36.3. The summed E-state index contributed by atoms with van der Waals surface area (Å²) < 4.78 is 11.2. The minimum atomic E-state index is 0. The van der Waals surface area contributed by atoms with Crippen LogP contribution in [0.25, 0.3) is 0 Å². The van der Waals surface area contributed by atoms with Gasteiger partial charge in [-0.15, -0.1) is 24.8 Å². The van der Waals surface area contributed by atoms with Gasteiger partial charge >= 0.3 is 0 Å². The molecule has 0 spiro atoms. The molecule has 0 aromatic rings. The second-order valence-electron chi connectivity index (χ2n) is 7.85. The third-order valence-corrected chi connectivity index (χ3v) is 8.20. The van der Waals surface area contributed by atoms with Crippen molar-refractivity contribution in [3.05, 3.63) is 12.2 Å². The summed E-state index contributed by atoms with van der Waals surface area (Å²) in [6.07, 6.45) is 12.8. The molecule has 2 bridgehead atoms. The molecule has 0 saturated carbocycles. The Morgan fingerprint density at radius 1 is 0.630 bits per heavy atom. The van der Waals surface area contributed by atoms with Gasteiger partial charge in [0.15, 0.2) is 0 Å². The number of fused-ring (bicyclic) bond motifs is 2. The quantitative estimate of drug-likeness (QED) is 0.612. The molecular formula is C20H36Cl2N2O2S. The van der Waals surface area contributed by atoms with Gasteiger partial charge in [-0.25, -0.2) is 0 Å². The predicted molar refractivity (Wildman–Crippen MR) is 119 cm³/mol. The van der Waals surface area contributed by atoms with Gasteiger partial charge in [0.05, 0.1) is 26.4 Å².